The Hall–Kier alpha value is -1.47. The summed E-state index contributed by atoms with van der Waals surface area (Å²) in [4.78, 5) is 15.9. The molecule has 0 bridgehead atoms. The van der Waals surface area contributed by atoms with Crippen molar-refractivity contribution in [1.29, 1.82) is 0 Å². The molecule has 1 aliphatic heterocycles. The number of carbonyl (C=O) groups is 1. The molecule has 0 aliphatic carbocycles. The van der Waals surface area contributed by atoms with Crippen molar-refractivity contribution < 1.29 is 13.2 Å². The lowest BCUT2D eigenvalue weighted by Gasteiger charge is -2.33. The van der Waals surface area contributed by atoms with Crippen molar-refractivity contribution in [2.24, 2.45) is 5.92 Å². The third-order valence-corrected chi connectivity index (χ3v) is 6.16. The van der Waals surface area contributed by atoms with Gasteiger partial charge in [-0.1, -0.05) is 0 Å². The first-order chi connectivity index (χ1) is 10.4. The van der Waals surface area contributed by atoms with Gasteiger partial charge < -0.3 is 5.32 Å². The second kappa shape index (κ2) is 7.19. The topological polar surface area (TPSA) is 79.4 Å². The van der Waals surface area contributed by atoms with Gasteiger partial charge in [0.15, 0.2) is 0 Å². The van der Waals surface area contributed by atoms with E-state index in [1.54, 1.807) is 36.5 Å². The molecule has 1 fully saturated rings. The smallest absolute Gasteiger partial charge is 0.252 e. The SMILES string of the molecule is CC(C)S(=O)(=O)N1CCCC(CNC(=O)c2cccnc2)C1. The number of rotatable bonds is 5. The van der Waals surface area contributed by atoms with Crippen LogP contribution in [-0.2, 0) is 10.0 Å². The number of pyridine rings is 1. The number of carbonyl (C=O) groups excluding carboxylic acids is 1. The zero-order valence-electron chi connectivity index (χ0n) is 13.0. The van der Waals surface area contributed by atoms with Gasteiger partial charge in [-0.25, -0.2) is 12.7 Å². The molecule has 0 radical (unpaired) electrons. The second-order valence-corrected chi connectivity index (χ2v) is 8.40. The van der Waals surface area contributed by atoms with Gasteiger partial charge in [-0.15, -0.1) is 0 Å². The first-order valence-electron chi connectivity index (χ1n) is 7.58. The van der Waals surface area contributed by atoms with E-state index in [0.29, 0.717) is 25.2 Å². The van der Waals surface area contributed by atoms with Gasteiger partial charge in [0.25, 0.3) is 5.91 Å². The van der Waals surface area contributed by atoms with E-state index >= 15 is 0 Å². The Kier molecular flexibility index (Phi) is 5.52. The Labute approximate surface area is 132 Å². The van der Waals surface area contributed by atoms with E-state index in [-0.39, 0.29) is 11.8 Å². The summed E-state index contributed by atoms with van der Waals surface area (Å²) in [6, 6.07) is 3.42. The molecule has 22 heavy (non-hydrogen) atoms. The van der Waals surface area contributed by atoms with Gasteiger partial charge in [0, 0.05) is 32.0 Å². The highest BCUT2D eigenvalue weighted by Gasteiger charge is 2.31. The molecule has 2 rings (SSSR count). The highest BCUT2D eigenvalue weighted by atomic mass is 32.2. The van der Waals surface area contributed by atoms with Crippen LogP contribution in [0.4, 0.5) is 0 Å². The zero-order valence-corrected chi connectivity index (χ0v) is 13.8. The van der Waals surface area contributed by atoms with Gasteiger partial charge >= 0.3 is 0 Å². The van der Waals surface area contributed by atoms with Crippen molar-refractivity contribution in [3.05, 3.63) is 30.1 Å². The highest BCUT2D eigenvalue weighted by Crippen LogP contribution is 2.21. The van der Waals surface area contributed by atoms with Gasteiger partial charge in [-0.05, 0) is 44.7 Å². The summed E-state index contributed by atoms with van der Waals surface area (Å²) in [5, 5.41) is 2.46. The van der Waals surface area contributed by atoms with E-state index in [2.05, 4.69) is 10.3 Å². The van der Waals surface area contributed by atoms with Crippen molar-refractivity contribution in [3.8, 4) is 0 Å². The molecule has 1 unspecified atom stereocenters. The quantitative estimate of drug-likeness (QED) is 0.884. The monoisotopic (exact) mass is 325 g/mol. The van der Waals surface area contributed by atoms with E-state index < -0.39 is 15.3 Å². The summed E-state index contributed by atoms with van der Waals surface area (Å²) in [6.45, 7) is 4.94. The highest BCUT2D eigenvalue weighted by molar-refractivity contribution is 7.89. The predicted molar refractivity (Wildman–Crippen MR) is 84.9 cm³/mol. The molecular formula is C15H23N3O3S. The van der Waals surface area contributed by atoms with Crippen LogP contribution in [0.2, 0.25) is 0 Å². The average molecular weight is 325 g/mol. The molecule has 1 aliphatic rings. The summed E-state index contributed by atoms with van der Waals surface area (Å²) in [5.41, 5.74) is 0.518. The molecule has 0 saturated carbocycles. The van der Waals surface area contributed by atoms with E-state index in [1.807, 2.05) is 0 Å². The third-order valence-electron chi connectivity index (χ3n) is 3.91. The largest absolute Gasteiger partial charge is 0.352 e. The van der Waals surface area contributed by atoms with Crippen LogP contribution in [0.5, 0.6) is 0 Å². The van der Waals surface area contributed by atoms with Crippen LogP contribution in [0.15, 0.2) is 24.5 Å². The van der Waals surface area contributed by atoms with E-state index in [9.17, 15) is 13.2 Å². The molecule has 122 valence electrons. The maximum Gasteiger partial charge on any atom is 0.252 e. The van der Waals surface area contributed by atoms with Crippen molar-refractivity contribution in [2.45, 2.75) is 31.9 Å². The minimum atomic E-state index is -3.21. The molecule has 2 heterocycles. The number of nitrogens with zero attached hydrogens (tertiary/aromatic N) is 2. The van der Waals surface area contributed by atoms with Crippen LogP contribution < -0.4 is 5.32 Å². The van der Waals surface area contributed by atoms with Crippen molar-refractivity contribution >= 4 is 15.9 Å². The standard InChI is InChI=1S/C15H23N3O3S/c1-12(2)22(20,21)18-8-4-5-13(11-18)9-17-15(19)14-6-3-7-16-10-14/h3,6-7,10,12-13H,4-5,8-9,11H2,1-2H3,(H,17,19). The summed E-state index contributed by atoms with van der Waals surface area (Å²) < 4.78 is 26.0. The molecule has 1 aromatic rings. The molecule has 0 spiro atoms. The Bertz CT molecular complexity index is 602. The minimum absolute atomic E-state index is 0.155. The van der Waals surface area contributed by atoms with Crippen LogP contribution in [0, 0.1) is 5.92 Å². The fourth-order valence-corrected chi connectivity index (χ4v) is 3.96. The fourth-order valence-electron chi connectivity index (χ4n) is 2.56. The maximum absolute atomic E-state index is 12.2. The first kappa shape index (κ1) is 16.9. The summed E-state index contributed by atoms with van der Waals surface area (Å²) in [5.74, 6) is -0.0140. The van der Waals surface area contributed by atoms with Crippen molar-refractivity contribution in [3.63, 3.8) is 0 Å². The Morgan fingerprint density at radius 3 is 2.91 bits per heavy atom. The molecule has 6 nitrogen and oxygen atoms in total. The fraction of sp³-hybridized carbons (Fsp3) is 0.600. The number of nitrogens with one attached hydrogen (secondary N) is 1. The van der Waals surface area contributed by atoms with Gasteiger partial charge in [-0.2, -0.15) is 0 Å². The average Bonchev–Trinajstić information content (AvgIpc) is 2.53. The Morgan fingerprint density at radius 2 is 2.27 bits per heavy atom. The number of piperidine rings is 1. The van der Waals surface area contributed by atoms with Gasteiger partial charge in [-0.3, -0.25) is 9.78 Å². The second-order valence-electron chi connectivity index (χ2n) is 5.91. The zero-order chi connectivity index (χ0) is 16.2. The van der Waals surface area contributed by atoms with Gasteiger partial charge in [0.2, 0.25) is 10.0 Å². The van der Waals surface area contributed by atoms with Crippen LogP contribution in [0.1, 0.15) is 37.0 Å². The lowest BCUT2D eigenvalue weighted by Crippen LogP contribution is -2.45. The Morgan fingerprint density at radius 1 is 1.50 bits per heavy atom. The van der Waals surface area contributed by atoms with Crippen LogP contribution in [0.25, 0.3) is 0 Å². The van der Waals surface area contributed by atoms with E-state index in [0.717, 1.165) is 12.8 Å². The number of aromatic nitrogens is 1. The molecule has 1 N–H and O–H groups in total. The molecule has 7 heteroatoms. The van der Waals surface area contributed by atoms with E-state index in [4.69, 9.17) is 0 Å². The number of hydrogen-bond donors (Lipinski definition) is 1. The van der Waals surface area contributed by atoms with Gasteiger partial charge in [0.1, 0.15) is 0 Å². The third kappa shape index (κ3) is 4.04. The van der Waals surface area contributed by atoms with Gasteiger partial charge in [0.05, 0.1) is 10.8 Å². The lowest BCUT2D eigenvalue weighted by atomic mass is 9.99. The number of amides is 1. The molecule has 1 atom stereocenters. The first-order valence-corrected chi connectivity index (χ1v) is 9.08. The summed E-state index contributed by atoms with van der Waals surface area (Å²) in [6.07, 6.45) is 4.90. The maximum atomic E-state index is 12.2. The number of sulfonamides is 1. The minimum Gasteiger partial charge on any atom is -0.352 e. The number of hydrogen-bond acceptors (Lipinski definition) is 4. The summed E-state index contributed by atoms with van der Waals surface area (Å²) in [7, 11) is -3.21. The van der Waals surface area contributed by atoms with Crippen LogP contribution >= 0.6 is 0 Å². The molecular weight excluding hydrogens is 302 g/mol. The van der Waals surface area contributed by atoms with Crippen molar-refractivity contribution in [2.75, 3.05) is 19.6 Å². The predicted octanol–water partition coefficient (Wildman–Crippen LogP) is 1.26. The molecule has 1 aromatic heterocycles. The van der Waals surface area contributed by atoms with Crippen molar-refractivity contribution in [1.82, 2.24) is 14.6 Å². The molecule has 1 saturated heterocycles. The molecule has 0 aromatic carbocycles. The molecule has 1 amide bonds. The van der Waals surface area contributed by atoms with Crippen LogP contribution in [0.3, 0.4) is 0 Å². The Balaban J connectivity index is 1.90. The van der Waals surface area contributed by atoms with E-state index in [1.165, 1.54) is 6.20 Å². The van der Waals surface area contributed by atoms with Crippen LogP contribution in [-0.4, -0.2) is 48.5 Å². The summed E-state index contributed by atoms with van der Waals surface area (Å²) >= 11 is 0. The lowest BCUT2D eigenvalue weighted by molar-refractivity contribution is 0.0941. The normalized spacial score (nSPS) is 20.0.